The van der Waals surface area contributed by atoms with Crippen LogP contribution in [0, 0.1) is 5.82 Å². The Balaban J connectivity index is 1.28. The first-order valence-electron chi connectivity index (χ1n) is 7.84. The lowest BCUT2D eigenvalue weighted by atomic mass is 10.0. The minimum atomic E-state index is -0.290. The number of nitrogens with zero attached hydrogens (tertiary/aromatic N) is 3. The monoisotopic (exact) mass is 358 g/mol. The molecule has 0 aliphatic carbocycles. The SMILES string of the molecule is O=C(NCc1ccc(F)cc1)N1CC(c2nc(-c3cccs3)no2)C1. The molecule has 1 N–H and O–H groups in total. The minimum absolute atomic E-state index is 0.0674. The van der Waals surface area contributed by atoms with Gasteiger partial charge in [0.1, 0.15) is 5.82 Å². The van der Waals surface area contributed by atoms with Gasteiger partial charge in [-0.2, -0.15) is 4.98 Å². The van der Waals surface area contributed by atoms with Crippen LogP contribution >= 0.6 is 11.3 Å². The van der Waals surface area contributed by atoms with Crippen molar-refractivity contribution in [2.45, 2.75) is 12.5 Å². The average Bonchev–Trinajstić information content (AvgIpc) is 3.24. The van der Waals surface area contributed by atoms with E-state index < -0.39 is 0 Å². The van der Waals surface area contributed by atoms with Crippen LogP contribution in [0.15, 0.2) is 46.3 Å². The van der Waals surface area contributed by atoms with Gasteiger partial charge in [0.15, 0.2) is 0 Å². The smallest absolute Gasteiger partial charge is 0.317 e. The van der Waals surface area contributed by atoms with E-state index in [9.17, 15) is 9.18 Å². The fourth-order valence-electron chi connectivity index (χ4n) is 2.60. The molecule has 0 spiro atoms. The standard InChI is InChI=1S/C17H15FN4O2S/c18-13-5-3-11(4-6-13)8-19-17(23)22-9-12(10-22)16-20-15(21-24-16)14-2-1-7-25-14/h1-7,12H,8-10H2,(H,19,23). The van der Waals surface area contributed by atoms with E-state index in [-0.39, 0.29) is 17.8 Å². The second kappa shape index (κ2) is 6.64. The van der Waals surface area contributed by atoms with Gasteiger partial charge in [0.2, 0.25) is 11.7 Å². The van der Waals surface area contributed by atoms with E-state index in [2.05, 4.69) is 15.5 Å². The summed E-state index contributed by atoms with van der Waals surface area (Å²) in [4.78, 5) is 19.2. The molecule has 8 heteroatoms. The molecule has 1 aromatic carbocycles. The quantitative estimate of drug-likeness (QED) is 0.777. The number of carbonyl (C=O) groups is 1. The van der Waals surface area contributed by atoms with Crippen LogP contribution in [0.2, 0.25) is 0 Å². The Morgan fingerprint density at radius 2 is 2.12 bits per heavy atom. The van der Waals surface area contributed by atoms with Gasteiger partial charge in [-0.1, -0.05) is 23.4 Å². The van der Waals surface area contributed by atoms with Gasteiger partial charge in [-0.3, -0.25) is 0 Å². The van der Waals surface area contributed by atoms with Crippen molar-refractivity contribution in [3.8, 4) is 10.7 Å². The number of halogens is 1. The third-order valence-electron chi connectivity index (χ3n) is 4.06. The summed E-state index contributed by atoms with van der Waals surface area (Å²) in [5, 5.41) is 8.77. The Kier molecular flexibility index (Phi) is 4.19. The number of urea groups is 1. The Hall–Kier alpha value is -2.74. The van der Waals surface area contributed by atoms with Crippen molar-refractivity contribution in [1.29, 1.82) is 0 Å². The molecule has 0 saturated carbocycles. The fourth-order valence-corrected chi connectivity index (χ4v) is 3.25. The van der Waals surface area contributed by atoms with Crippen molar-refractivity contribution in [1.82, 2.24) is 20.4 Å². The summed E-state index contributed by atoms with van der Waals surface area (Å²) in [6, 6.07) is 9.78. The zero-order valence-corrected chi connectivity index (χ0v) is 14.0. The van der Waals surface area contributed by atoms with Crippen molar-refractivity contribution >= 4 is 17.4 Å². The van der Waals surface area contributed by atoms with E-state index in [1.807, 2.05) is 17.5 Å². The zero-order valence-electron chi connectivity index (χ0n) is 13.2. The topological polar surface area (TPSA) is 71.3 Å². The van der Waals surface area contributed by atoms with Crippen molar-refractivity contribution in [2.24, 2.45) is 0 Å². The Morgan fingerprint density at radius 3 is 2.84 bits per heavy atom. The van der Waals surface area contributed by atoms with Gasteiger partial charge in [-0.05, 0) is 29.1 Å². The van der Waals surface area contributed by atoms with Gasteiger partial charge >= 0.3 is 6.03 Å². The third-order valence-corrected chi connectivity index (χ3v) is 4.92. The normalized spacial score (nSPS) is 14.4. The average molecular weight is 358 g/mol. The van der Waals surface area contributed by atoms with Crippen LogP contribution in [-0.4, -0.2) is 34.2 Å². The summed E-state index contributed by atoms with van der Waals surface area (Å²) in [6.45, 7) is 1.45. The number of hydrogen-bond acceptors (Lipinski definition) is 5. The van der Waals surface area contributed by atoms with Gasteiger partial charge < -0.3 is 14.7 Å². The number of likely N-dealkylation sites (tertiary alicyclic amines) is 1. The molecule has 3 aromatic rings. The number of hydrogen-bond donors (Lipinski definition) is 1. The highest BCUT2D eigenvalue weighted by atomic mass is 32.1. The summed E-state index contributed by atoms with van der Waals surface area (Å²) < 4.78 is 18.2. The summed E-state index contributed by atoms with van der Waals surface area (Å²) in [7, 11) is 0. The summed E-state index contributed by atoms with van der Waals surface area (Å²) in [5.41, 5.74) is 0.851. The molecule has 2 amide bonds. The molecule has 0 radical (unpaired) electrons. The molecule has 1 aliphatic heterocycles. The Bertz CT molecular complexity index is 857. The van der Waals surface area contributed by atoms with Crippen molar-refractivity contribution < 1.29 is 13.7 Å². The minimum Gasteiger partial charge on any atom is -0.339 e. The van der Waals surface area contributed by atoms with E-state index >= 15 is 0 Å². The number of benzene rings is 1. The van der Waals surface area contributed by atoms with Crippen LogP contribution in [-0.2, 0) is 6.54 Å². The maximum atomic E-state index is 12.9. The van der Waals surface area contributed by atoms with E-state index in [4.69, 9.17) is 4.52 Å². The van der Waals surface area contributed by atoms with Gasteiger partial charge in [0, 0.05) is 19.6 Å². The van der Waals surface area contributed by atoms with E-state index in [1.54, 1.807) is 28.4 Å². The van der Waals surface area contributed by atoms with Gasteiger partial charge in [-0.15, -0.1) is 11.3 Å². The molecule has 2 aromatic heterocycles. The van der Waals surface area contributed by atoms with Crippen LogP contribution < -0.4 is 5.32 Å². The summed E-state index contributed by atoms with van der Waals surface area (Å²) in [6.07, 6.45) is 0. The molecule has 1 saturated heterocycles. The van der Waals surface area contributed by atoms with Crippen LogP contribution in [0.3, 0.4) is 0 Å². The lowest BCUT2D eigenvalue weighted by Crippen LogP contribution is -2.52. The highest BCUT2D eigenvalue weighted by molar-refractivity contribution is 7.13. The van der Waals surface area contributed by atoms with Crippen LogP contribution in [0.1, 0.15) is 17.4 Å². The molecule has 128 valence electrons. The highest BCUT2D eigenvalue weighted by Gasteiger charge is 2.35. The molecule has 1 aliphatic rings. The number of carbonyl (C=O) groups excluding carboxylic acids is 1. The van der Waals surface area contributed by atoms with Crippen molar-refractivity contribution in [3.63, 3.8) is 0 Å². The second-order valence-corrected chi connectivity index (χ2v) is 6.77. The molecule has 1 fully saturated rings. The molecule has 0 atom stereocenters. The maximum Gasteiger partial charge on any atom is 0.317 e. The van der Waals surface area contributed by atoms with Crippen LogP contribution in [0.25, 0.3) is 10.7 Å². The van der Waals surface area contributed by atoms with E-state index in [0.717, 1.165) is 10.4 Å². The van der Waals surface area contributed by atoms with Crippen molar-refractivity contribution in [2.75, 3.05) is 13.1 Å². The number of thiophene rings is 1. The maximum absolute atomic E-state index is 12.9. The zero-order chi connectivity index (χ0) is 17.2. The first-order chi connectivity index (χ1) is 12.2. The van der Waals surface area contributed by atoms with E-state index in [0.29, 0.717) is 31.3 Å². The molecule has 0 bridgehead atoms. The van der Waals surface area contributed by atoms with Gasteiger partial charge in [0.25, 0.3) is 0 Å². The number of amides is 2. The lowest BCUT2D eigenvalue weighted by Gasteiger charge is -2.36. The van der Waals surface area contributed by atoms with Crippen molar-refractivity contribution in [3.05, 3.63) is 59.0 Å². The number of rotatable bonds is 4. The fraction of sp³-hybridized carbons (Fsp3) is 0.235. The van der Waals surface area contributed by atoms with Gasteiger partial charge in [0.05, 0.1) is 10.8 Å². The molecular weight excluding hydrogens is 343 g/mol. The number of nitrogens with one attached hydrogen (secondary N) is 1. The highest BCUT2D eigenvalue weighted by Crippen LogP contribution is 2.28. The summed E-state index contributed by atoms with van der Waals surface area (Å²) >= 11 is 1.55. The van der Waals surface area contributed by atoms with Crippen LogP contribution in [0.4, 0.5) is 9.18 Å². The van der Waals surface area contributed by atoms with Gasteiger partial charge in [-0.25, -0.2) is 9.18 Å². The lowest BCUT2D eigenvalue weighted by molar-refractivity contribution is 0.136. The molecule has 25 heavy (non-hydrogen) atoms. The molecular formula is C17H15FN4O2S. The summed E-state index contributed by atoms with van der Waals surface area (Å²) in [5.74, 6) is 0.926. The predicted molar refractivity (Wildman–Crippen MR) is 90.6 cm³/mol. The first-order valence-corrected chi connectivity index (χ1v) is 8.72. The predicted octanol–water partition coefficient (Wildman–Crippen LogP) is 3.25. The largest absolute Gasteiger partial charge is 0.339 e. The molecule has 0 unspecified atom stereocenters. The third kappa shape index (κ3) is 3.39. The molecule has 4 rings (SSSR count). The van der Waals surface area contributed by atoms with E-state index in [1.165, 1.54) is 12.1 Å². The number of aromatic nitrogens is 2. The Morgan fingerprint density at radius 1 is 1.32 bits per heavy atom. The molecule has 3 heterocycles. The first kappa shape index (κ1) is 15.8. The van der Waals surface area contributed by atoms with Crippen LogP contribution in [0.5, 0.6) is 0 Å². The second-order valence-electron chi connectivity index (χ2n) is 5.82. The Labute approximate surface area is 147 Å². The molecule has 6 nitrogen and oxygen atoms in total.